The van der Waals surface area contributed by atoms with Crippen molar-refractivity contribution in [1.82, 2.24) is 0 Å². The molecule has 3 rings (SSSR count). The fraction of sp³-hybridized carbons (Fsp3) is 0.192. The van der Waals surface area contributed by atoms with Crippen LogP contribution in [0.2, 0.25) is 0 Å². The Balaban J connectivity index is 2.46. The van der Waals surface area contributed by atoms with Gasteiger partial charge in [-0.15, -0.1) is 0 Å². The highest BCUT2D eigenvalue weighted by Crippen LogP contribution is 2.63. The molecule has 0 unspecified atom stereocenters. The topological polar surface area (TPSA) is 97.3 Å². The standard InChI is InChI=1S/C26H27O5PS/c1-2-3-6-16-24(20-26(27)28)32(21-12-7-4-8-13-21,22-14-9-5-10-15-22)23-17-11-18-25(19-23)33(29,30)31/h4-5,7-15,17-20H,2-3,6,16H2,1H3,(H-,27,28,29,30,31)/p-1/b24-20-. The molecule has 0 radical (unpaired) electrons. The molecule has 0 saturated carbocycles. The van der Waals surface area contributed by atoms with E-state index in [-0.39, 0.29) is 4.90 Å². The lowest BCUT2D eigenvalue weighted by atomic mass is 10.2. The van der Waals surface area contributed by atoms with Crippen molar-refractivity contribution < 1.29 is 22.9 Å². The molecule has 0 spiro atoms. The van der Waals surface area contributed by atoms with Gasteiger partial charge in [0.1, 0.15) is 33.3 Å². The molecular weight excluding hydrogens is 455 g/mol. The molecule has 33 heavy (non-hydrogen) atoms. The Hall–Kier alpha value is -2.79. The van der Waals surface area contributed by atoms with E-state index in [1.807, 2.05) is 60.7 Å². The maximum atomic E-state index is 11.9. The summed E-state index contributed by atoms with van der Waals surface area (Å²) in [6.07, 6.45) is 4.33. The van der Waals surface area contributed by atoms with E-state index in [4.69, 9.17) is 0 Å². The summed E-state index contributed by atoms with van der Waals surface area (Å²) in [5.41, 5.74) is 0. The van der Waals surface area contributed by atoms with Crippen molar-refractivity contribution in [3.05, 3.63) is 96.3 Å². The third-order valence-corrected chi connectivity index (χ3v) is 10.8. The summed E-state index contributed by atoms with van der Waals surface area (Å²) in [7, 11) is -7.52. The van der Waals surface area contributed by atoms with Gasteiger partial charge in [-0.05, 0) is 55.0 Å². The fourth-order valence-corrected chi connectivity index (χ4v) is 9.29. The zero-order valence-electron chi connectivity index (χ0n) is 18.4. The number of hydrogen-bond acceptors (Lipinski definition) is 5. The molecular formula is C26H26O5PS-. The van der Waals surface area contributed by atoms with Gasteiger partial charge in [0.15, 0.2) is 0 Å². The molecule has 0 N–H and O–H groups in total. The second-order valence-corrected chi connectivity index (χ2v) is 12.6. The molecule has 3 aromatic carbocycles. The van der Waals surface area contributed by atoms with E-state index < -0.39 is 23.3 Å². The minimum atomic E-state index is -4.70. The Labute approximate surface area is 195 Å². The largest absolute Gasteiger partial charge is 0.744 e. The van der Waals surface area contributed by atoms with E-state index in [2.05, 4.69) is 6.92 Å². The molecule has 7 heteroatoms. The molecule has 5 nitrogen and oxygen atoms in total. The maximum absolute atomic E-state index is 11.9. The lowest BCUT2D eigenvalue weighted by Gasteiger charge is -2.30. The molecule has 3 aromatic rings. The van der Waals surface area contributed by atoms with Crippen LogP contribution in [0.25, 0.3) is 0 Å². The highest BCUT2D eigenvalue weighted by atomic mass is 32.2. The van der Waals surface area contributed by atoms with Gasteiger partial charge >= 0.3 is 0 Å². The van der Waals surface area contributed by atoms with Gasteiger partial charge in [-0.2, -0.15) is 0 Å². The number of hydrogen-bond donors (Lipinski definition) is 0. The van der Waals surface area contributed by atoms with Gasteiger partial charge in [-0.25, -0.2) is 8.42 Å². The highest BCUT2D eigenvalue weighted by molar-refractivity contribution is 7.99. The summed E-state index contributed by atoms with van der Waals surface area (Å²) in [5, 5.41) is 14.9. The summed E-state index contributed by atoms with van der Waals surface area (Å²) < 4.78 is 35.6. The number of carboxylic acid groups (broad SMARTS) is 1. The van der Waals surface area contributed by atoms with E-state index in [1.165, 1.54) is 18.2 Å². The highest BCUT2D eigenvalue weighted by Gasteiger charge is 2.49. The summed E-state index contributed by atoms with van der Waals surface area (Å²) in [6, 6.07) is 25.0. The molecule has 0 bridgehead atoms. The van der Waals surface area contributed by atoms with Crippen molar-refractivity contribution >= 4 is 39.3 Å². The van der Waals surface area contributed by atoms with Crippen LogP contribution in [0.4, 0.5) is 0 Å². The van der Waals surface area contributed by atoms with E-state index in [1.54, 1.807) is 12.1 Å². The van der Waals surface area contributed by atoms with Gasteiger partial charge in [0, 0.05) is 6.42 Å². The number of unbranched alkanes of at least 4 members (excludes halogenated alkanes) is 2. The van der Waals surface area contributed by atoms with Crippen molar-refractivity contribution in [2.45, 2.75) is 37.5 Å². The first-order valence-electron chi connectivity index (χ1n) is 10.8. The maximum Gasteiger partial charge on any atom is 0.140 e. The van der Waals surface area contributed by atoms with Crippen LogP contribution in [-0.4, -0.2) is 18.9 Å². The number of benzene rings is 3. The Bertz CT molecular complexity index is 1180. The molecule has 0 atom stereocenters. The van der Waals surface area contributed by atoms with Gasteiger partial charge in [0.2, 0.25) is 0 Å². The van der Waals surface area contributed by atoms with Crippen LogP contribution in [0.5, 0.6) is 0 Å². The molecule has 0 saturated heterocycles. The third-order valence-electron chi connectivity index (χ3n) is 5.53. The minimum absolute atomic E-state index is 0.336. The lowest BCUT2D eigenvalue weighted by molar-refractivity contribution is -0.297. The Morgan fingerprint density at radius 1 is 0.848 bits per heavy atom. The van der Waals surface area contributed by atoms with Crippen molar-refractivity contribution in [3.63, 3.8) is 0 Å². The Morgan fingerprint density at radius 2 is 1.39 bits per heavy atom. The fourth-order valence-electron chi connectivity index (χ4n) is 4.12. The van der Waals surface area contributed by atoms with Gasteiger partial charge < -0.3 is 14.5 Å². The average Bonchev–Trinajstić information content (AvgIpc) is 2.80. The number of carbonyl (C=O) groups excluding carboxylic acids is 1. The first-order chi connectivity index (χ1) is 15.8. The van der Waals surface area contributed by atoms with Crippen molar-refractivity contribution in [3.8, 4) is 0 Å². The monoisotopic (exact) mass is 481 g/mol. The number of aliphatic carboxylic acids is 1. The summed E-state index contributed by atoms with van der Waals surface area (Å²) in [5.74, 6) is -1.30. The van der Waals surface area contributed by atoms with Gasteiger partial charge in [0.25, 0.3) is 0 Å². The van der Waals surface area contributed by atoms with Crippen molar-refractivity contribution in [2.24, 2.45) is 0 Å². The molecule has 0 aliphatic rings. The van der Waals surface area contributed by atoms with Crippen LogP contribution >= 0.6 is 7.26 Å². The van der Waals surface area contributed by atoms with Gasteiger partial charge in [0.05, 0.1) is 16.2 Å². The van der Waals surface area contributed by atoms with Crippen LogP contribution in [0.15, 0.2) is 101 Å². The molecule has 0 aliphatic carbocycles. The Morgan fingerprint density at radius 3 is 1.88 bits per heavy atom. The molecule has 0 fully saturated rings. The zero-order chi connectivity index (χ0) is 23.9. The summed E-state index contributed by atoms with van der Waals surface area (Å²) in [6.45, 7) is 2.07. The van der Waals surface area contributed by atoms with Crippen molar-refractivity contribution in [2.75, 3.05) is 0 Å². The van der Waals surface area contributed by atoms with E-state index >= 15 is 0 Å². The Kier molecular flexibility index (Phi) is 8.20. The number of carbonyl (C=O) groups is 1. The molecule has 0 aromatic heterocycles. The quantitative estimate of drug-likeness (QED) is 0.192. The van der Waals surface area contributed by atoms with E-state index in [0.717, 1.165) is 29.9 Å². The normalized spacial score (nSPS) is 12.5. The minimum Gasteiger partial charge on any atom is -0.744 e. The number of carboxylic acids is 1. The second-order valence-electron chi connectivity index (χ2n) is 7.71. The van der Waals surface area contributed by atoms with Crippen LogP contribution in [0.3, 0.4) is 0 Å². The predicted molar refractivity (Wildman–Crippen MR) is 130 cm³/mol. The van der Waals surface area contributed by atoms with Crippen LogP contribution < -0.4 is 21.0 Å². The molecule has 0 amide bonds. The molecule has 0 heterocycles. The van der Waals surface area contributed by atoms with Gasteiger partial charge in [-0.3, -0.25) is 0 Å². The van der Waals surface area contributed by atoms with Crippen LogP contribution in [0.1, 0.15) is 32.6 Å². The number of allylic oxidation sites excluding steroid dienone is 1. The third kappa shape index (κ3) is 5.59. The lowest BCUT2D eigenvalue weighted by Crippen LogP contribution is -2.34. The van der Waals surface area contributed by atoms with Crippen LogP contribution in [0, 0.1) is 0 Å². The van der Waals surface area contributed by atoms with Gasteiger partial charge in [-0.1, -0.05) is 62.2 Å². The van der Waals surface area contributed by atoms with Crippen LogP contribution in [-0.2, 0) is 14.9 Å². The molecule has 0 aliphatic heterocycles. The molecule has 172 valence electrons. The predicted octanol–water partition coefficient (Wildman–Crippen LogP) is 3.10. The number of rotatable bonds is 10. The summed E-state index contributed by atoms with van der Waals surface area (Å²) in [4.78, 5) is 11.6. The smallest absolute Gasteiger partial charge is 0.140 e. The van der Waals surface area contributed by atoms with E-state index in [0.29, 0.717) is 17.0 Å². The first-order valence-corrected chi connectivity index (χ1v) is 14.0. The SMILES string of the molecule is CCCCC/C(=C/C(=O)[O-])[P+](c1ccccc1)(c1ccccc1)c1cccc(S(=O)(=O)[O-])c1. The van der Waals surface area contributed by atoms with Crippen molar-refractivity contribution in [1.29, 1.82) is 0 Å². The second kappa shape index (κ2) is 10.9. The first kappa shape index (κ1) is 24.8. The average molecular weight is 482 g/mol. The van der Waals surface area contributed by atoms with E-state index in [9.17, 15) is 22.9 Å². The summed E-state index contributed by atoms with van der Waals surface area (Å²) >= 11 is 0. The zero-order valence-corrected chi connectivity index (χ0v) is 20.1.